The van der Waals surface area contributed by atoms with Crippen LogP contribution in [-0.4, -0.2) is 60.0 Å². The number of nitrogens with one attached hydrogen (secondary N) is 1. The number of benzene rings is 2. The first-order valence-electron chi connectivity index (χ1n) is 11.1. The normalized spacial score (nSPS) is 15.3. The van der Waals surface area contributed by atoms with Crippen LogP contribution in [0.1, 0.15) is 21.5 Å². The number of hydrogen-bond donors (Lipinski definition) is 1. The van der Waals surface area contributed by atoms with Gasteiger partial charge in [-0.2, -0.15) is 0 Å². The number of nitrogens with zero attached hydrogens (tertiary/aromatic N) is 4. The zero-order valence-electron chi connectivity index (χ0n) is 19.3. The van der Waals surface area contributed by atoms with Crippen LogP contribution in [-0.2, 0) is 11.3 Å². The van der Waals surface area contributed by atoms with E-state index in [9.17, 15) is 9.59 Å². The molecule has 35 heavy (non-hydrogen) atoms. The van der Waals surface area contributed by atoms with Crippen molar-refractivity contribution in [2.24, 2.45) is 0 Å². The van der Waals surface area contributed by atoms with Crippen molar-refractivity contribution in [3.05, 3.63) is 58.6 Å². The Kier molecular flexibility index (Phi) is 5.80. The molecule has 2 aliphatic heterocycles. The molecule has 10 heteroatoms. The van der Waals surface area contributed by atoms with Crippen molar-refractivity contribution in [2.45, 2.75) is 13.5 Å². The van der Waals surface area contributed by atoms with Crippen LogP contribution in [0.25, 0.3) is 22.0 Å². The number of methoxy groups -OCH3 is 1. The fourth-order valence-electron chi connectivity index (χ4n) is 4.85. The molecule has 3 aromatic rings. The molecular formula is C25H23ClFN5O3. The maximum absolute atomic E-state index is 16.2. The first-order chi connectivity index (χ1) is 16.9. The van der Waals surface area contributed by atoms with E-state index in [0.29, 0.717) is 60.6 Å². The maximum Gasteiger partial charge on any atom is 0.252 e. The third-order valence-corrected chi connectivity index (χ3v) is 6.95. The molecule has 2 aliphatic rings. The van der Waals surface area contributed by atoms with E-state index in [1.807, 2.05) is 24.0 Å². The Morgan fingerprint density at radius 3 is 2.63 bits per heavy atom. The van der Waals surface area contributed by atoms with Crippen LogP contribution in [0.5, 0.6) is 5.75 Å². The smallest absolute Gasteiger partial charge is 0.252 e. The van der Waals surface area contributed by atoms with Crippen LogP contribution < -0.4 is 15.0 Å². The molecule has 0 aliphatic carbocycles. The second-order valence-electron chi connectivity index (χ2n) is 8.45. The number of carbonyl (C=O) groups is 2. The van der Waals surface area contributed by atoms with E-state index in [1.54, 1.807) is 4.90 Å². The molecule has 0 bridgehead atoms. The molecule has 0 atom stereocenters. The maximum atomic E-state index is 16.2. The minimum absolute atomic E-state index is 0.0465. The van der Waals surface area contributed by atoms with Crippen LogP contribution in [0.2, 0.25) is 5.02 Å². The lowest BCUT2D eigenvalue weighted by Crippen LogP contribution is -2.48. The minimum Gasteiger partial charge on any atom is -0.494 e. The van der Waals surface area contributed by atoms with Crippen molar-refractivity contribution in [3.8, 4) is 16.9 Å². The molecule has 180 valence electrons. The van der Waals surface area contributed by atoms with Crippen molar-refractivity contribution >= 4 is 40.1 Å². The lowest BCUT2D eigenvalue weighted by atomic mass is 9.91. The molecule has 3 heterocycles. The minimum atomic E-state index is -0.647. The SMILES string of the molecule is C=CC(=O)N1CCN(c2ncnc3c(F)c(-c4c(C)ccc5c4C(=O)NC5)c(Cl)c(OC)c23)CC1. The average Bonchev–Trinajstić information content (AvgIpc) is 3.25. The van der Waals surface area contributed by atoms with Crippen LogP contribution in [0.4, 0.5) is 10.2 Å². The van der Waals surface area contributed by atoms with Gasteiger partial charge in [-0.1, -0.05) is 30.3 Å². The summed E-state index contributed by atoms with van der Waals surface area (Å²) >= 11 is 6.81. The van der Waals surface area contributed by atoms with Gasteiger partial charge in [0.05, 0.1) is 23.1 Å². The number of aromatic nitrogens is 2. The van der Waals surface area contributed by atoms with E-state index in [-0.39, 0.29) is 33.7 Å². The van der Waals surface area contributed by atoms with E-state index < -0.39 is 5.82 Å². The van der Waals surface area contributed by atoms with Crippen LogP contribution in [0.15, 0.2) is 31.1 Å². The molecule has 8 nitrogen and oxygen atoms in total. The standard InChI is InChI=1S/C25H23ClFN5O3/c1-4-15(33)31-7-9-32(10-8-31)24-19-22(29-12-30-24)21(27)18(20(26)23(19)35-3)16-13(2)5-6-14-11-28-25(34)17(14)16/h4-6,12H,1,7-11H2,2-3H3,(H,28,34). The van der Waals surface area contributed by atoms with Gasteiger partial charge in [-0.05, 0) is 24.1 Å². The first kappa shape index (κ1) is 23.0. The summed E-state index contributed by atoms with van der Waals surface area (Å²) in [5, 5.41) is 3.19. The zero-order valence-corrected chi connectivity index (χ0v) is 20.1. The van der Waals surface area contributed by atoms with E-state index in [0.717, 1.165) is 5.56 Å². The predicted octanol–water partition coefficient (Wildman–Crippen LogP) is 3.48. The number of fused-ring (bicyclic) bond motifs is 2. The Bertz CT molecular complexity index is 1400. The quantitative estimate of drug-likeness (QED) is 0.558. The Labute approximate surface area is 206 Å². The first-order valence-corrected chi connectivity index (χ1v) is 11.5. The summed E-state index contributed by atoms with van der Waals surface area (Å²) in [6, 6.07) is 3.70. The molecule has 0 unspecified atom stereocenters. The molecule has 1 saturated heterocycles. The monoisotopic (exact) mass is 495 g/mol. The van der Waals surface area contributed by atoms with Gasteiger partial charge in [-0.25, -0.2) is 14.4 Å². The van der Waals surface area contributed by atoms with Crippen molar-refractivity contribution in [3.63, 3.8) is 0 Å². The van der Waals surface area contributed by atoms with E-state index in [2.05, 4.69) is 21.9 Å². The molecule has 5 rings (SSSR count). The fourth-order valence-corrected chi connectivity index (χ4v) is 5.20. The number of amides is 2. The van der Waals surface area contributed by atoms with Gasteiger partial charge in [0.1, 0.15) is 17.7 Å². The van der Waals surface area contributed by atoms with Gasteiger partial charge in [-0.3, -0.25) is 9.59 Å². The summed E-state index contributed by atoms with van der Waals surface area (Å²) in [4.78, 5) is 36.9. The topological polar surface area (TPSA) is 87.7 Å². The zero-order chi connectivity index (χ0) is 24.9. The van der Waals surface area contributed by atoms with Gasteiger partial charge in [0.25, 0.3) is 5.91 Å². The van der Waals surface area contributed by atoms with Gasteiger partial charge < -0.3 is 19.9 Å². The van der Waals surface area contributed by atoms with E-state index in [1.165, 1.54) is 19.5 Å². The second-order valence-corrected chi connectivity index (χ2v) is 8.83. The van der Waals surface area contributed by atoms with Crippen molar-refractivity contribution in [1.29, 1.82) is 0 Å². The Hall–Kier alpha value is -3.72. The molecule has 1 aromatic heterocycles. The van der Waals surface area contributed by atoms with Gasteiger partial charge in [-0.15, -0.1) is 0 Å². The number of aryl methyl sites for hydroxylation is 1. The number of hydrogen-bond acceptors (Lipinski definition) is 6. The van der Waals surface area contributed by atoms with Crippen molar-refractivity contribution in [2.75, 3.05) is 38.2 Å². The summed E-state index contributed by atoms with van der Waals surface area (Å²) in [6.07, 6.45) is 2.59. The molecule has 2 amide bonds. The highest BCUT2D eigenvalue weighted by Gasteiger charge is 2.32. The molecule has 1 fully saturated rings. The third-order valence-electron chi connectivity index (χ3n) is 6.59. The van der Waals surface area contributed by atoms with E-state index >= 15 is 4.39 Å². The molecule has 0 spiro atoms. The number of anilines is 1. The predicted molar refractivity (Wildman–Crippen MR) is 131 cm³/mol. The van der Waals surface area contributed by atoms with Crippen molar-refractivity contribution in [1.82, 2.24) is 20.2 Å². The molecule has 2 aromatic carbocycles. The summed E-state index contributed by atoms with van der Waals surface area (Å²) in [5.74, 6) is -0.357. The molecule has 0 saturated carbocycles. The van der Waals surface area contributed by atoms with Crippen LogP contribution in [0, 0.1) is 12.7 Å². The van der Waals surface area contributed by atoms with Crippen LogP contribution in [0.3, 0.4) is 0 Å². The highest BCUT2D eigenvalue weighted by Crippen LogP contribution is 2.48. The van der Waals surface area contributed by atoms with Gasteiger partial charge in [0, 0.05) is 43.9 Å². The Morgan fingerprint density at radius 2 is 1.94 bits per heavy atom. The molecule has 0 radical (unpaired) electrons. The Balaban J connectivity index is 1.70. The number of piperazine rings is 1. The van der Waals surface area contributed by atoms with Crippen LogP contribution >= 0.6 is 11.6 Å². The number of halogens is 2. The fraction of sp³-hybridized carbons (Fsp3) is 0.280. The number of rotatable bonds is 4. The van der Waals surface area contributed by atoms with Gasteiger partial charge in [0.15, 0.2) is 11.6 Å². The van der Waals surface area contributed by atoms with Crippen molar-refractivity contribution < 1.29 is 18.7 Å². The van der Waals surface area contributed by atoms with Gasteiger partial charge >= 0.3 is 0 Å². The van der Waals surface area contributed by atoms with Gasteiger partial charge in [0.2, 0.25) is 5.91 Å². The highest BCUT2D eigenvalue weighted by molar-refractivity contribution is 6.37. The average molecular weight is 496 g/mol. The third kappa shape index (κ3) is 3.58. The summed E-state index contributed by atoms with van der Waals surface area (Å²) in [5.41, 5.74) is 2.45. The highest BCUT2D eigenvalue weighted by atomic mass is 35.5. The summed E-state index contributed by atoms with van der Waals surface area (Å²) < 4.78 is 21.9. The second kappa shape index (κ2) is 8.81. The summed E-state index contributed by atoms with van der Waals surface area (Å²) in [7, 11) is 1.45. The Morgan fingerprint density at radius 1 is 1.20 bits per heavy atom. The van der Waals surface area contributed by atoms with E-state index in [4.69, 9.17) is 16.3 Å². The number of carbonyl (C=O) groups excluding carboxylic acids is 2. The molecular weight excluding hydrogens is 473 g/mol. The largest absolute Gasteiger partial charge is 0.494 e. The lowest BCUT2D eigenvalue weighted by Gasteiger charge is -2.35. The lowest BCUT2D eigenvalue weighted by molar-refractivity contribution is -0.126. The number of ether oxygens (including phenoxy) is 1. The molecule has 1 N–H and O–H groups in total. The summed E-state index contributed by atoms with van der Waals surface area (Å²) in [6.45, 7) is 7.63.